The smallest absolute Gasteiger partial charge is 0.154 e. The van der Waals surface area contributed by atoms with E-state index < -0.39 is 0 Å². The number of aromatic nitrogens is 1. The lowest BCUT2D eigenvalue weighted by atomic mass is 10.0. The first-order chi connectivity index (χ1) is 11.5. The predicted molar refractivity (Wildman–Crippen MR) is 98.7 cm³/mol. The second-order valence-electron chi connectivity index (χ2n) is 6.15. The van der Waals surface area contributed by atoms with Gasteiger partial charge in [-0.1, -0.05) is 12.1 Å². The minimum absolute atomic E-state index is 0.534. The third-order valence-corrected chi connectivity index (χ3v) is 4.18. The number of anilines is 2. The average molecular weight is 321 g/mol. The summed E-state index contributed by atoms with van der Waals surface area (Å²) in [6.07, 6.45) is 1.65. The topological polar surface area (TPSA) is 53.5 Å². The lowest BCUT2D eigenvalue weighted by Crippen LogP contribution is -2.12. The molecule has 0 aliphatic rings. The summed E-state index contributed by atoms with van der Waals surface area (Å²) in [4.78, 5) is 31.8. The van der Waals surface area contributed by atoms with Crippen LogP contribution in [0.2, 0.25) is 0 Å². The van der Waals surface area contributed by atoms with Gasteiger partial charge in [0.2, 0.25) is 0 Å². The van der Waals surface area contributed by atoms with Gasteiger partial charge in [-0.15, -0.1) is 0 Å². The minimum atomic E-state index is 0.534. The van der Waals surface area contributed by atoms with E-state index in [2.05, 4.69) is 4.98 Å². The maximum Gasteiger partial charge on any atom is 0.154 e. The number of hydrogen-bond donors (Lipinski definition) is 0. The summed E-state index contributed by atoms with van der Waals surface area (Å²) >= 11 is 0. The van der Waals surface area contributed by atoms with E-state index in [1.54, 1.807) is 0 Å². The molecular weight excluding hydrogens is 302 g/mol. The van der Waals surface area contributed by atoms with Gasteiger partial charge in [-0.25, -0.2) is 4.98 Å². The fourth-order valence-corrected chi connectivity index (χ4v) is 3.00. The molecule has 0 bridgehead atoms. The van der Waals surface area contributed by atoms with Crippen molar-refractivity contribution in [3.63, 3.8) is 0 Å². The summed E-state index contributed by atoms with van der Waals surface area (Å²) in [7, 11) is 7.54. The number of carbonyl (C=O) groups is 2. The molecule has 0 aliphatic heterocycles. The summed E-state index contributed by atoms with van der Waals surface area (Å²) in [6, 6.07) is 9.69. The van der Waals surface area contributed by atoms with Crippen molar-refractivity contribution in [1.29, 1.82) is 0 Å². The van der Waals surface area contributed by atoms with E-state index in [4.69, 9.17) is 0 Å². The maximum atomic E-state index is 11.7. The van der Waals surface area contributed by atoms with E-state index in [1.807, 2.05) is 68.3 Å². The van der Waals surface area contributed by atoms with Crippen LogP contribution in [0.5, 0.6) is 0 Å². The Hall–Kier alpha value is -2.95. The minimum Gasteiger partial charge on any atom is -0.377 e. The van der Waals surface area contributed by atoms with E-state index in [1.165, 1.54) is 0 Å². The number of aldehydes is 2. The molecule has 0 atom stereocenters. The molecular formula is C19H19N3O2. The van der Waals surface area contributed by atoms with Crippen LogP contribution in [0.3, 0.4) is 0 Å². The van der Waals surface area contributed by atoms with Crippen LogP contribution in [0.25, 0.3) is 21.8 Å². The van der Waals surface area contributed by atoms with Gasteiger partial charge in [-0.3, -0.25) is 9.59 Å². The lowest BCUT2D eigenvalue weighted by Gasteiger charge is -2.18. The lowest BCUT2D eigenvalue weighted by molar-refractivity contribution is 0.111. The molecule has 0 fully saturated rings. The largest absolute Gasteiger partial charge is 0.377 e. The second kappa shape index (κ2) is 5.92. The SMILES string of the molecule is CN(C)c1ccc2cc3ccc(N(C)C)c(C=O)c3nc2c1C=O. The van der Waals surface area contributed by atoms with Crippen molar-refractivity contribution in [2.45, 2.75) is 0 Å². The van der Waals surface area contributed by atoms with E-state index in [-0.39, 0.29) is 0 Å². The number of pyridine rings is 1. The maximum absolute atomic E-state index is 11.7. The Kier molecular flexibility index (Phi) is 3.93. The monoisotopic (exact) mass is 321 g/mol. The molecule has 1 aromatic heterocycles. The number of benzene rings is 2. The first-order valence-electron chi connectivity index (χ1n) is 7.63. The highest BCUT2D eigenvalue weighted by Crippen LogP contribution is 2.31. The Bertz CT molecular complexity index is 887. The predicted octanol–water partition coefficient (Wildman–Crippen LogP) is 3.15. The van der Waals surface area contributed by atoms with Crippen molar-refractivity contribution in [3.05, 3.63) is 41.5 Å². The Labute approximate surface area is 140 Å². The molecule has 2 aromatic carbocycles. The number of nitrogens with zero attached hydrogens (tertiary/aromatic N) is 3. The highest BCUT2D eigenvalue weighted by molar-refractivity contribution is 6.09. The molecule has 5 heteroatoms. The van der Waals surface area contributed by atoms with Gasteiger partial charge in [0, 0.05) is 50.3 Å². The summed E-state index contributed by atoms with van der Waals surface area (Å²) in [6.45, 7) is 0. The molecule has 0 amide bonds. The quantitative estimate of drug-likeness (QED) is 0.546. The Morgan fingerprint density at radius 2 is 1.17 bits per heavy atom. The van der Waals surface area contributed by atoms with Crippen molar-refractivity contribution < 1.29 is 9.59 Å². The Morgan fingerprint density at radius 1 is 0.750 bits per heavy atom. The normalized spacial score (nSPS) is 10.8. The van der Waals surface area contributed by atoms with Crippen molar-refractivity contribution in [3.8, 4) is 0 Å². The molecule has 0 unspecified atom stereocenters. The summed E-state index contributed by atoms with van der Waals surface area (Å²) in [5, 5.41) is 1.76. The van der Waals surface area contributed by atoms with Gasteiger partial charge in [-0.2, -0.15) is 0 Å². The van der Waals surface area contributed by atoms with Crippen LogP contribution in [-0.2, 0) is 0 Å². The Balaban J connectivity index is 2.46. The van der Waals surface area contributed by atoms with E-state index in [0.717, 1.165) is 34.7 Å². The van der Waals surface area contributed by atoms with Crippen LogP contribution in [-0.4, -0.2) is 45.7 Å². The first-order valence-corrected chi connectivity index (χ1v) is 7.63. The van der Waals surface area contributed by atoms with Crippen molar-refractivity contribution >= 4 is 45.8 Å². The molecule has 122 valence electrons. The van der Waals surface area contributed by atoms with Gasteiger partial charge >= 0.3 is 0 Å². The fraction of sp³-hybridized carbons (Fsp3) is 0.211. The highest BCUT2D eigenvalue weighted by atomic mass is 16.1. The van der Waals surface area contributed by atoms with Crippen LogP contribution in [0.1, 0.15) is 20.7 Å². The molecule has 0 saturated heterocycles. The van der Waals surface area contributed by atoms with Crippen LogP contribution >= 0.6 is 0 Å². The van der Waals surface area contributed by atoms with E-state index >= 15 is 0 Å². The van der Waals surface area contributed by atoms with Gasteiger partial charge in [0.25, 0.3) is 0 Å². The summed E-state index contributed by atoms with van der Waals surface area (Å²) in [5.74, 6) is 0. The van der Waals surface area contributed by atoms with Crippen LogP contribution in [0.15, 0.2) is 30.3 Å². The van der Waals surface area contributed by atoms with Crippen molar-refractivity contribution in [2.24, 2.45) is 0 Å². The number of hydrogen-bond acceptors (Lipinski definition) is 5. The van der Waals surface area contributed by atoms with Crippen LogP contribution in [0.4, 0.5) is 11.4 Å². The number of carbonyl (C=O) groups excluding carboxylic acids is 2. The number of fused-ring (bicyclic) bond motifs is 2. The molecule has 1 heterocycles. The van der Waals surface area contributed by atoms with Crippen molar-refractivity contribution in [1.82, 2.24) is 4.98 Å². The highest BCUT2D eigenvalue weighted by Gasteiger charge is 2.15. The van der Waals surface area contributed by atoms with Crippen LogP contribution in [0, 0.1) is 0 Å². The van der Waals surface area contributed by atoms with E-state index in [9.17, 15) is 9.59 Å². The van der Waals surface area contributed by atoms with Gasteiger partial charge in [0.05, 0.1) is 22.2 Å². The fourth-order valence-electron chi connectivity index (χ4n) is 3.00. The molecule has 3 aromatic rings. The standard InChI is InChI=1S/C19H19N3O2/c1-21(2)16-7-5-12-9-13-6-8-17(22(3)4)15(11-24)19(13)20-18(12)14(16)10-23/h5-11H,1-4H3. The summed E-state index contributed by atoms with van der Waals surface area (Å²) in [5.41, 5.74) is 3.91. The molecule has 0 spiro atoms. The zero-order chi connectivity index (χ0) is 17.4. The zero-order valence-electron chi connectivity index (χ0n) is 14.2. The zero-order valence-corrected chi connectivity index (χ0v) is 14.2. The van der Waals surface area contributed by atoms with Gasteiger partial charge in [-0.05, 0) is 18.2 Å². The van der Waals surface area contributed by atoms with Gasteiger partial charge in [0.1, 0.15) is 0 Å². The Morgan fingerprint density at radius 3 is 1.50 bits per heavy atom. The van der Waals surface area contributed by atoms with Gasteiger partial charge < -0.3 is 9.80 Å². The third kappa shape index (κ3) is 2.38. The molecule has 0 radical (unpaired) electrons. The molecule has 3 rings (SSSR count). The van der Waals surface area contributed by atoms with Gasteiger partial charge in [0.15, 0.2) is 12.6 Å². The second-order valence-corrected chi connectivity index (χ2v) is 6.15. The molecule has 24 heavy (non-hydrogen) atoms. The average Bonchev–Trinajstić information content (AvgIpc) is 2.57. The number of rotatable bonds is 4. The summed E-state index contributed by atoms with van der Waals surface area (Å²) < 4.78 is 0. The molecule has 0 N–H and O–H groups in total. The first kappa shape index (κ1) is 15.9. The molecule has 0 aliphatic carbocycles. The third-order valence-electron chi connectivity index (χ3n) is 4.18. The molecule has 5 nitrogen and oxygen atoms in total. The van der Waals surface area contributed by atoms with Crippen molar-refractivity contribution in [2.75, 3.05) is 38.0 Å². The van der Waals surface area contributed by atoms with Crippen LogP contribution < -0.4 is 9.80 Å². The van der Waals surface area contributed by atoms with E-state index in [0.29, 0.717) is 22.2 Å². The molecule has 0 saturated carbocycles.